The maximum atomic E-state index is 12.1. The van der Waals surface area contributed by atoms with Gasteiger partial charge in [-0.3, -0.25) is 9.59 Å². The highest BCUT2D eigenvalue weighted by Crippen LogP contribution is 2.11. The van der Waals surface area contributed by atoms with E-state index >= 15 is 0 Å². The highest BCUT2D eigenvalue weighted by atomic mass is 16.2. The van der Waals surface area contributed by atoms with Gasteiger partial charge in [-0.25, -0.2) is 0 Å². The standard InChI is InChI=1S/C19H22N2O2/c1-13(2)18(22)21-17-10-8-16(9-11-17)19(23)20-12-15-6-4-14(3)5-7-15/h4-11,13H,12H2,1-3H3,(H,20,23)(H,21,22). The quantitative estimate of drug-likeness (QED) is 0.887. The Kier molecular flexibility index (Phi) is 5.52. The molecule has 2 aromatic rings. The Bertz CT molecular complexity index is 674. The van der Waals surface area contributed by atoms with Crippen molar-refractivity contribution in [3.63, 3.8) is 0 Å². The number of carbonyl (C=O) groups excluding carboxylic acids is 2. The van der Waals surface area contributed by atoms with Crippen LogP contribution < -0.4 is 10.6 Å². The monoisotopic (exact) mass is 310 g/mol. The summed E-state index contributed by atoms with van der Waals surface area (Å²) in [6.45, 7) is 6.19. The molecule has 0 bridgehead atoms. The Morgan fingerprint density at radius 1 is 0.957 bits per heavy atom. The predicted octanol–water partition coefficient (Wildman–Crippen LogP) is 3.52. The highest BCUT2D eigenvalue weighted by molar-refractivity contribution is 5.96. The minimum atomic E-state index is -0.132. The van der Waals surface area contributed by atoms with E-state index in [9.17, 15) is 9.59 Å². The summed E-state index contributed by atoms with van der Waals surface area (Å²) in [6.07, 6.45) is 0. The summed E-state index contributed by atoms with van der Waals surface area (Å²) in [6, 6.07) is 14.9. The topological polar surface area (TPSA) is 58.2 Å². The molecule has 0 fully saturated rings. The molecule has 0 saturated carbocycles. The van der Waals surface area contributed by atoms with Gasteiger partial charge in [0.1, 0.15) is 0 Å². The molecule has 0 aliphatic rings. The van der Waals surface area contributed by atoms with Crippen molar-refractivity contribution < 1.29 is 9.59 Å². The van der Waals surface area contributed by atoms with E-state index < -0.39 is 0 Å². The van der Waals surface area contributed by atoms with Gasteiger partial charge in [-0.2, -0.15) is 0 Å². The van der Waals surface area contributed by atoms with Crippen LogP contribution in [0.4, 0.5) is 5.69 Å². The third kappa shape index (κ3) is 4.95. The lowest BCUT2D eigenvalue weighted by Crippen LogP contribution is -2.23. The van der Waals surface area contributed by atoms with Gasteiger partial charge in [0.2, 0.25) is 5.91 Å². The fraction of sp³-hybridized carbons (Fsp3) is 0.263. The molecule has 0 saturated heterocycles. The van der Waals surface area contributed by atoms with Crippen LogP contribution in [0, 0.1) is 12.8 Å². The van der Waals surface area contributed by atoms with Gasteiger partial charge in [0.05, 0.1) is 0 Å². The molecule has 2 rings (SSSR count). The number of amides is 2. The Balaban J connectivity index is 1.92. The minimum Gasteiger partial charge on any atom is -0.348 e. The molecule has 0 atom stereocenters. The molecule has 0 radical (unpaired) electrons. The third-order valence-electron chi connectivity index (χ3n) is 3.51. The Morgan fingerprint density at radius 3 is 2.13 bits per heavy atom. The van der Waals surface area contributed by atoms with Crippen molar-refractivity contribution in [3.8, 4) is 0 Å². The Morgan fingerprint density at radius 2 is 1.57 bits per heavy atom. The second-order valence-electron chi connectivity index (χ2n) is 5.89. The minimum absolute atomic E-state index is 0.0402. The van der Waals surface area contributed by atoms with Gasteiger partial charge >= 0.3 is 0 Å². The van der Waals surface area contributed by atoms with Crippen LogP contribution in [0.25, 0.3) is 0 Å². The molecule has 4 heteroatoms. The SMILES string of the molecule is Cc1ccc(CNC(=O)c2ccc(NC(=O)C(C)C)cc2)cc1. The third-order valence-corrected chi connectivity index (χ3v) is 3.51. The molecule has 2 amide bonds. The first-order chi connectivity index (χ1) is 11.0. The summed E-state index contributed by atoms with van der Waals surface area (Å²) in [5.74, 6) is -0.249. The summed E-state index contributed by atoms with van der Waals surface area (Å²) >= 11 is 0. The molecule has 0 aromatic heterocycles. The van der Waals surface area contributed by atoms with Crippen LogP contribution in [0.1, 0.15) is 35.3 Å². The normalized spacial score (nSPS) is 10.4. The number of aryl methyl sites for hydroxylation is 1. The molecular formula is C19H22N2O2. The molecule has 4 nitrogen and oxygen atoms in total. The molecule has 0 aliphatic carbocycles. The van der Waals surface area contributed by atoms with Crippen molar-refractivity contribution in [2.75, 3.05) is 5.32 Å². The zero-order chi connectivity index (χ0) is 16.8. The van der Waals surface area contributed by atoms with Crippen LogP contribution in [0.2, 0.25) is 0 Å². The van der Waals surface area contributed by atoms with E-state index in [1.54, 1.807) is 24.3 Å². The smallest absolute Gasteiger partial charge is 0.251 e. The zero-order valence-electron chi connectivity index (χ0n) is 13.7. The van der Waals surface area contributed by atoms with E-state index in [4.69, 9.17) is 0 Å². The zero-order valence-corrected chi connectivity index (χ0v) is 13.7. The first-order valence-corrected chi connectivity index (χ1v) is 7.70. The maximum absolute atomic E-state index is 12.1. The number of rotatable bonds is 5. The van der Waals surface area contributed by atoms with Gasteiger partial charge in [-0.15, -0.1) is 0 Å². The maximum Gasteiger partial charge on any atom is 0.251 e. The van der Waals surface area contributed by atoms with E-state index in [1.165, 1.54) is 5.56 Å². The van der Waals surface area contributed by atoms with E-state index in [-0.39, 0.29) is 17.7 Å². The van der Waals surface area contributed by atoms with E-state index in [0.29, 0.717) is 17.8 Å². The van der Waals surface area contributed by atoms with E-state index in [1.807, 2.05) is 45.0 Å². The number of hydrogen-bond donors (Lipinski definition) is 2. The van der Waals surface area contributed by atoms with E-state index in [0.717, 1.165) is 5.56 Å². The van der Waals surface area contributed by atoms with Crippen molar-refractivity contribution in [2.45, 2.75) is 27.3 Å². The first kappa shape index (κ1) is 16.7. The predicted molar refractivity (Wildman–Crippen MR) is 92.3 cm³/mol. The van der Waals surface area contributed by atoms with Crippen LogP contribution in [-0.4, -0.2) is 11.8 Å². The molecule has 120 valence electrons. The van der Waals surface area contributed by atoms with Crippen molar-refractivity contribution >= 4 is 17.5 Å². The van der Waals surface area contributed by atoms with Crippen molar-refractivity contribution in [2.24, 2.45) is 5.92 Å². The summed E-state index contributed by atoms with van der Waals surface area (Å²) in [5.41, 5.74) is 3.52. The number of carbonyl (C=O) groups is 2. The van der Waals surface area contributed by atoms with Gasteiger partial charge in [-0.1, -0.05) is 43.7 Å². The lowest BCUT2D eigenvalue weighted by atomic mass is 10.1. The lowest BCUT2D eigenvalue weighted by molar-refractivity contribution is -0.118. The van der Waals surface area contributed by atoms with Gasteiger partial charge in [0, 0.05) is 23.7 Å². The van der Waals surface area contributed by atoms with Crippen LogP contribution >= 0.6 is 0 Å². The van der Waals surface area contributed by atoms with Crippen molar-refractivity contribution in [1.82, 2.24) is 5.32 Å². The average molecular weight is 310 g/mol. The molecule has 0 aliphatic heterocycles. The summed E-state index contributed by atoms with van der Waals surface area (Å²) in [7, 11) is 0. The van der Waals surface area contributed by atoms with Gasteiger partial charge in [0.25, 0.3) is 5.91 Å². The van der Waals surface area contributed by atoms with Crippen LogP contribution in [0.15, 0.2) is 48.5 Å². The van der Waals surface area contributed by atoms with Crippen LogP contribution in [0.5, 0.6) is 0 Å². The molecule has 0 spiro atoms. The first-order valence-electron chi connectivity index (χ1n) is 7.70. The molecule has 0 unspecified atom stereocenters. The fourth-order valence-electron chi connectivity index (χ4n) is 1.98. The molecule has 2 aromatic carbocycles. The lowest BCUT2D eigenvalue weighted by Gasteiger charge is -2.09. The average Bonchev–Trinajstić information content (AvgIpc) is 2.54. The molecule has 2 N–H and O–H groups in total. The number of nitrogens with one attached hydrogen (secondary N) is 2. The molecule has 23 heavy (non-hydrogen) atoms. The number of hydrogen-bond acceptors (Lipinski definition) is 2. The Hall–Kier alpha value is -2.62. The summed E-state index contributed by atoms with van der Waals surface area (Å²) in [5, 5.41) is 5.69. The second-order valence-corrected chi connectivity index (χ2v) is 5.89. The van der Waals surface area contributed by atoms with Crippen LogP contribution in [0.3, 0.4) is 0 Å². The summed E-state index contributed by atoms with van der Waals surface area (Å²) in [4.78, 5) is 23.8. The van der Waals surface area contributed by atoms with Crippen LogP contribution in [-0.2, 0) is 11.3 Å². The highest BCUT2D eigenvalue weighted by Gasteiger charge is 2.08. The molecule has 0 heterocycles. The van der Waals surface area contributed by atoms with Crippen molar-refractivity contribution in [3.05, 3.63) is 65.2 Å². The van der Waals surface area contributed by atoms with Crippen molar-refractivity contribution in [1.29, 1.82) is 0 Å². The number of anilines is 1. The van der Waals surface area contributed by atoms with Gasteiger partial charge in [-0.05, 0) is 36.8 Å². The fourth-order valence-corrected chi connectivity index (χ4v) is 1.98. The van der Waals surface area contributed by atoms with Gasteiger partial charge < -0.3 is 10.6 Å². The Labute approximate surface area is 136 Å². The number of benzene rings is 2. The van der Waals surface area contributed by atoms with Gasteiger partial charge in [0.15, 0.2) is 0 Å². The van der Waals surface area contributed by atoms with E-state index in [2.05, 4.69) is 10.6 Å². The second kappa shape index (κ2) is 7.58. The largest absolute Gasteiger partial charge is 0.348 e. The summed E-state index contributed by atoms with van der Waals surface area (Å²) < 4.78 is 0. The molecular weight excluding hydrogens is 288 g/mol.